The van der Waals surface area contributed by atoms with Gasteiger partial charge in [-0.2, -0.15) is 5.10 Å². The first-order valence-corrected chi connectivity index (χ1v) is 10.3. The Kier molecular flexibility index (Phi) is 7.71. The summed E-state index contributed by atoms with van der Waals surface area (Å²) >= 11 is 11.8. The summed E-state index contributed by atoms with van der Waals surface area (Å²) in [6.45, 7) is -0.0561. The molecule has 3 rings (SSSR count). The smallest absolute Gasteiger partial charge is 0.339 e. The molecule has 8 nitrogen and oxygen atoms in total. The number of amides is 2. The van der Waals surface area contributed by atoms with Gasteiger partial charge in [0.15, 0.2) is 0 Å². The second kappa shape index (κ2) is 10.3. The third kappa shape index (κ3) is 5.95. The summed E-state index contributed by atoms with van der Waals surface area (Å²) in [7, 11) is 0. The maximum absolute atomic E-state index is 12.0. The standard InChI is InChI=1S/C20H23Cl2N3O5/c21-16-2-1-13(8-17(16)22)24-20(29)25-23-9-15-14-6-11(3-4-30-10-19(27)28)5-12(14)7-18(15)26/h1-3,8-9,12,14-15,18,26H,4-7,10H2,(H,27,28)(H2,24,25,29)/b11-3+,23-9+/t12-,14-,15+,18+/m0/s1. The number of fused-ring (bicyclic) bond motifs is 1. The fraction of sp³-hybridized carbons (Fsp3) is 0.450. The highest BCUT2D eigenvalue weighted by molar-refractivity contribution is 6.42. The number of urea groups is 1. The van der Waals surface area contributed by atoms with Gasteiger partial charge in [-0.1, -0.05) is 34.9 Å². The Bertz CT molecular complexity index is 861. The van der Waals surface area contributed by atoms with Crippen molar-refractivity contribution >= 4 is 47.1 Å². The molecular formula is C20H23Cl2N3O5. The van der Waals surface area contributed by atoms with E-state index in [1.807, 2.05) is 6.08 Å². The highest BCUT2D eigenvalue weighted by Gasteiger charge is 2.45. The number of hydrogen-bond acceptors (Lipinski definition) is 5. The van der Waals surface area contributed by atoms with Gasteiger partial charge in [-0.15, -0.1) is 0 Å². The van der Waals surface area contributed by atoms with Crippen LogP contribution in [0.4, 0.5) is 10.5 Å². The van der Waals surface area contributed by atoms with Crippen molar-refractivity contribution in [3.05, 3.63) is 39.9 Å². The van der Waals surface area contributed by atoms with E-state index in [0.717, 1.165) is 12.8 Å². The number of nitrogens with one attached hydrogen (secondary N) is 2. The number of halogens is 2. The van der Waals surface area contributed by atoms with Crippen LogP contribution in [0.1, 0.15) is 19.3 Å². The Morgan fingerprint density at radius 1 is 1.27 bits per heavy atom. The molecule has 0 aliphatic heterocycles. The van der Waals surface area contributed by atoms with E-state index in [-0.39, 0.29) is 25.0 Å². The van der Waals surface area contributed by atoms with Crippen LogP contribution < -0.4 is 10.7 Å². The van der Waals surface area contributed by atoms with Gasteiger partial charge in [-0.05, 0) is 49.3 Å². The monoisotopic (exact) mass is 455 g/mol. The molecule has 1 aromatic rings. The molecule has 2 fully saturated rings. The van der Waals surface area contributed by atoms with E-state index in [0.29, 0.717) is 28.1 Å². The lowest BCUT2D eigenvalue weighted by Gasteiger charge is -2.16. The number of hydrazone groups is 1. The molecule has 0 radical (unpaired) electrons. The fourth-order valence-electron chi connectivity index (χ4n) is 4.12. The van der Waals surface area contributed by atoms with Gasteiger partial charge < -0.3 is 20.3 Å². The van der Waals surface area contributed by atoms with Crippen molar-refractivity contribution in [1.82, 2.24) is 5.43 Å². The van der Waals surface area contributed by atoms with Crippen molar-refractivity contribution < 1.29 is 24.5 Å². The topological polar surface area (TPSA) is 120 Å². The molecule has 2 aliphatic carbocycles. The third-order valence-electron chi connectivity index (χ3n) is 5.42. The summed E-state index contributed by atoms with van der Waals surface area (Å²) < 4.78 is 5.06. The second-order valence-corrected chi connectivity index (χ2v) is 8.27. The van der Waals surface area contributed by atoms with Crippen LogP contribution in [-0.4, -0.2) is 47.7 Å². The number of aliphatic hydroxyl groups is 1. The predicted molar refractivity (Wildman–Crippen MR) is 114 cm³/mol. The molecule has 0 saturated heterocycles. The zero-order valence-corrected chi connectivity index (χ0v) is 17.6. The molecule has 4 atom stereocenters. The van der Waals surface area contributed by atoms with Crippen LogP contribution in [0, 0.1) is 17.8 Å². The van der Waals surface area contributed by atoms with Crippen LogP contribution in [0.25, 0.3) is 0 Å². The number of allylic oxidation sites excluding steroid dienone is 1. The van der Waals surface area contributed by atoms with E-state index in [4.69, 9.17) is 33.0 Å². The van der Waals surface area contributed by atoms with E-state index in [9.17, 15) is 14.7 Å². The van der Waals surface area contributed by atoms with Crippen molar-refractivity contribution in [2.45, 2.75) is 25.4 Å². The van der Waals surface area contributed by atoms with Gasteiger partial charge in [0.2, 0.25) is 0 Å². The maximum Gasteiger partial charge on any atom is 0.339 e. The second-order valence-electron chi connectivity index (χ2n) is 7.46. The number of carbonyl (C=O) groups is 2. The largest absolute Gasteiger partial charge is 0.480 e. The molecular weight excluding hydrogens is 433 g/mol. The molecule has 4 N–H and O–H groups in total. The minimum atomic E-state index is -0.994. The van der Waals surface area contributed by atoms with Crippen LogP contribution in [-0.2, 0) is 9.53 Å². The number of benzene rings is 1. The average Bonchev–Trinajstić information content (AvgIpc) is 3.19. The van der Waals surface area contributed by atoms with Crippen LogP contribution in [0.15, 0.2) is 34.9 Å². The van der Waals surface area contributed by atoms with Gasteiger partial charge in [0.25, 0.3) is 0 Å². The molecule has 0 bridgehead atoms. The molecule has 30 heavy (non-hydrogen) atoms. The number of carbonyl (C=O) groups excluding carboxylic acids is 1. The SMILES string of the molecule is O=C(O)COC/C=C1\C[C@H]2C[C@@H](O)[C@H](/C=N/NC(=O)Nc3ccc(Cl)c(Cl)c3)[C@H]2C1. The summed E-state index contributed by atoms with van der Waals surface area (Å²) in [4.78, 5) is 22.5. The van der Waals surface area contributed by atoms with Crippen LogP contribution in [0.5, 0.6) is 0 Å². The Morgan fingerprint density at radius 2 is 2.07 bits per heavy atom. The number of rotatable bonds is 7. The van der Waals surface area contributed by atoms with Crippen LogP contribution >= 0.6 is 23.2 Å². The number of anilines is 1. The number of carboxylic acid groups (broad SMARTS) is 1. The molecule has 1 aromatic carbocycles. The summed E-state index contributed by atoms with van der Waals surface area (Å²) in [6, 6.07) is 4.20. The fourth-order valence-corrected chi connectivity index (χ4v) is 4.41. The molecule has 2 amide bonds. The van der Waals surface area contributed by atoms with Gasteiger partial charge in [-0.3, -0.25) is 0 Å². The molecule has 10 heteroatoms. The van der Waals surface area contributed by atoms with Crippen molar-refractivity contribution in [2.24, 2.45) is 22.9 Å². The number of aliphatic hydroxyl groups excluding tert-OH is 1. The normalized spacial score (nSPS) is 26.8. The minimum absolute atomic E-state index is 0.161. The predicted octanol–water partition coefficient (Wildman–Crippen LogP) is 3.54. The molecule has 0 spiro atoms. The van der Waals surface area contributed by atoms with Crippen molar-refractivity contribution in [2.75, 3.05) is 18.5 Å². The highest BCUT2D eigenvalue weighted by atomic mass is 35.5. The maximum atomic E-state index is 12.0. The van der Waals surface area contributed by atoms with Crippen molar-refractivity contribution in [3.63, 3.8) is 0 Å². The summed E-state index contributed by atoms with van der Waals surface area (Å²) in [6.07, 6.45) is 5.33. The summed E-state index contributed by atoms with van der Waals surface area (Å²) in [5.41, 5.74) is 4.08. The number of hydrogen-bond donors (Lipinski definition) is 4. The molecule has 0 heterocycles. The Labute approximate surface area is 183 Å². The lowest BCUT2D eigenvalue weighted by molar-refractivity contribution is -0.141. The van der Waals surface area contributed by atoms with Gasteiger partial charge in [-0.25, -0.2) is 15.0 Å². The summed E-state index contributed by atoms with van der Waals surface area (Å²) in [5.74, 6) is -0.584. The van der Waals surface area contributed by atoms with E-state index in [2.05, 4.69) is 15.8 Å². The Morgan fingerprint density at radius 3 is 2.80 bits per heavy atom. The molecule has 162 valence electrons. The Balaban J connectivity index is 1.50. The number of aliphatic carboxylic acids is 1. The summed E-state index contributed by atoms with van der Waals surface area (Å²) in [5, 5.41) is 26.3. The van der Waals surface area contributed by atoms with Crippen LogP contribution in [0.3, 0.4) is 0 Å². The number of nitrogens with zero attached hydrogens (tertiary/aromatic N) is 1. The van der Waals surface area contributed by atoms with Gasteiger partial charge in [0, 0.05) is 17.8 Å². The lowest BCUT2D eigenvalue weighted by Crippen LogP contribution is -2.27. The van der Waals surface area contributed by atoms with E-state index < -0.39 is 18.1 Å². The number of carboxylic acids is 1. The lowest BCUT2D eigenvalue weighted by atomic mass is 9.92. The van der Waals surface area contributed by atoms with Crippen LogP contribution in [0.2, 0.25) is 10.0 Å². The van der Waals surface area contributed by atoms with E-state index in [1.165, 1.54) is 11.6 Å². The Hall–Kier alpha value is -2.13. The minimum Gasteiger partial charge on any atom is -0.480 e. The molecule has 2 saturated carbocycles. The zero-order valence-electron chi connectivity index (χ0n) is 16.1. The number of ether oxygens (including phenoxy) is 1. The van der Waals surface area contributed by atoms with Crippen molar-refractivity contribution in [3.8, 4) is 0 Å². The van der Waals surface area contributed by atoms with E-state index in [1.54, 1.807) is 18.3 Å². The van der Waals surface area contributed by atoms with Crippen molar-refractivity contribution in [1.29, 1.82) is 0 Å². The first-order chi connectivity index (χ1) is 14.3. The van der Waals surface area contributed by atoms with Gasteiger partial charge in [0.05, 0.1) is 22.8 Å². The zero-order chi connectivity index (χ0) is 21.7. The first kappa shape index (κ1) is 22.6. The average molecular weight is 456 g/mol. The molecule has 0 aromatic heterocycles. The van der Waals surface area contributed by atoms with E-state index >= 15 is 0 Å². The molecule has 2 aliphatic rings. The quantitative estimate of drug-likeness (QED) is 0.217. The highest BCUT2D eigenvalue weighted by Crippen LogP contribution is 2.49. The third-order valence-corrected chi connectivity index (χ3v) is 6.16. The first-order valence-electron chi connectivity index (χ1n) is 9.54. The van der Waals surface area contributed by atoms with Gasteiger partial charge in [0.1, 0.15) is 6.61 Å². The molecule has 0 unspecified atom stereocenters. The van der Waals surface area contributed by atoms with Gasteiger partial charge >= 0.3 is 12.0 Å².